The predicted molar refractivity (Wildman–Crippen MR) is 73.4 cm³/mol. The standard InChI is InChI=1S/C12H27ClO2Si/c1-5-14-16(4,15-6-2)11-12(3)9-7-8-10-13/h12H,5-11H2,1-4H3. The van der Waals surface area contributed by atoms with Crippen molar-refractivity contribution >= 4 is 20.2 Å². The van der Waals surface area contributed by atoms with Crippen molar-refractivity contribution in [3.63, 3.8) is 0 Å². The summed E-state index contributed by atoms with van der Waals surface area (Å²) in [5.41, 5.74) is 0. The van der Waals surface area contributed by atoms with Crippen LogP contribution >= 0.6 is 11.6 Å². The fourth-order valence-electron chi connectivity index (χ4n) is 2.09. The van der Waals surface area contributed by atoms with E-state index in [0.29, 0.717) is 5.92 Å². The van der Waals surface area contributed by atoms with Gasteiger partial charge in [-0.05, 0) is 38.8 Å². The maximum atomic E-state index is 5.84. The molecule has 0 fully saturated rings. The molecule has 0 rings (SSSR count). The van der Waals surface area contributed by atoms with E-state index >= 15 is 0 Å². The molecule has 16 heavy (non-hydrogen) atoms. The van der Waals surface area contributed by atoms with Crippen LogP contribution in [0.5, 0.6) is 0 Å². The lowest BCUT2D eigenvalue weighted by molar-refractivity contribution is 0.183. The summed E-state index contributed by atoms with van der Waals surface area (Å²) in [6, 6.07) is 1.09. The average Bonchev–Trinajstić information content (AvgIpc) is 2.18. The van der Waals surface area contributed by atoms with Gasteiger partial charge >= 0.3 is 8.56 Å². The molecular formula is C12H27ClO2Si. The second kappa shape index (κ2) is 9.46. The summed E-state index contributed by atoms with van der Waals surface area (Å²) < 4.78 is 11.7. The van der Waals surface area contributed by atoms with Gasteiger partial charge in [0.15, 0.2) is 0 Å². The van der Waals surface area contributed by atoms with E-state index in [1.165, 1.54) is 12.8 Å². The second-order valence-corrected chi connectivity index (χ2v) is 8.13. The van der Waals surface area contributed by atoms with Crippen molar-refractivity contribution in [1.29, 1.82) is 0 Å². The molecule has 0 saturated carbocycles. The van der Waals surface area contributed by atoms with E-state index in [2.05, 4.69) is 13.5 Å². The summed E-state index contributed by atoms with van der Waals surface area (Å²) in [7, 11) is -1.91. The molecule has 0 saturated heterocycles. The number of unbranched alkanes of at least 4 members (excludes halogenated alkanes) is 1. The van der Waals surface area contributed by atoms with Crippen molar-refractivity contribution in [2.24, 2.45) is 5.92 Å². The van der Waals surface area contributed by atoms with E-state index in [-0.39, 0.29) is 0 Å². The van der Waals surface area contributed by atoms with Crippen LogP contribution in [0.4, 0.5) is 0 Å². The van der Waals surface area contributed by atoms with Gasteiger partial charge in [-0.25, -0.2) is 0 Å². The van der Waals surface area contributed by atoms with E-state index in [1.807, 2.05) is 13.8 Å². The van der Waals surface area contributed by atoms with E-state index in [0.717, 1.165) is 31.6 Å². The van der Waals surface area contributed by atoms with Gasteiger partial charge in [-0.1, -0.05) is 19.8 Å². The third-order valence-corrected chi connectivity index (χ3v) is 6.20. The first kappa shape index (κ1) is 16.4. The summed E-state index contributed by atoms with van der Waals surface area (Å²) in [6.45, 7) is 10.1. The molecule has 1 unspecified atom stereocenters. The summed E-state index contributed by atoms with van der Waals surface area (Å²) in [4.78, 5) is 0. The largest absolute Gasteiger partial charge is 0.395 e. The molecule has 0 aliphatic carbocycles. The van der Waals surface area contributed by atoms with Gasteiger partial charge in [0.05, 0.1) is 0 Å². The minimum absolute atomic E-state index is 0.679. The van der Waals surface area contributed by atoms with Crippen molar-refractivity contribution in [3.05, 3.63) is 0 Å². The summed E-state index contributed by atoms with van der Waals surface area (Å²) in [5, 5.41) is 0. The normalized spacial score (nSPS) is 14.1. The lowest BCUT2D eigenvalue weighted by Gasteiger charge is -2.28. The fraction of sp³-hybridized carbons (Fsp3) is 1.00. The summed E-state index contributed by atoms with van der Waals surface area (Å²) in [5.74, 6) is 1.45. The molecule has 0 aromatic carbocycles. The highest BCUT2D eigenvalue weighted by molar-refractivity contribution is 6.66. The number of hydrogen-bond acceptors (Lipinski definition) is 2. The Morgan fingerprint density at radius 2 is 1.69 bits per heavy atom. The first-order chi connectivity index (χ1) is 7.58. The smallest absolute Gasteiger partial charge is 0.335 e. The molecule has 0 aliphatic rings. The highest BCUT2D eigenvalue weighted by atomic mass is 35.5. The van der Waals surface area contributed by atoms with Crippen LogP contribution < -0.4 is 0 Å². The van der Waals surface area contributed by atoms with Gasteiger partial charge in [0.25, 0.3) is 0 Å². The lowest BCUT2D eigenvalue weighted by atomic mass is 10.1. The molecule has 0 aromatic rings. The molecular weight excluding hydrogens is 240 g/mol. The Balaban J connectivity index is 3.96. The van der Waals surface area contributed by atoms with Gasteiger partial charge in [0, 0.05) is 19.1 Å². The highest BCUT2D eigenvalue weighted by Gasteiger charge is 2.32. The quantitative estimate of drug-likeness (QED) is 0.336. The number of alkyl halides is 1. The Bertz CT molecular complexity index is 161. The highest BCUT2D eigenvalue weighted by Crippen LogP contribution is 2.23. The molecule has 0 N–H and O–H groups in total. The molecule has 4 heteroatoms. The van der Waals surface area contributed by atoms with Crippen LogP contribution in [0.3, 0.4) is 0 Å². The zero-order chi connectivity index (χ0) is 12.4. The Morgan fingerprint density at radius 1 is 1.12 bits per heavy atom. The van der Waals surface area contributed by atoms with Crippen molar-refractivity contribution in [3.8, 4) is 0 Å². The van der Waals surface area contributed by atoms with Gasteiger partial charge in [-0.15, -0.1) is 11.6 Å². The molecule has 98 valence electrons. The van der Waals surface area contributed by atoms with Gasteiger partial charge < -0.3 is 8.85 Å². The SMILES string of the molecule is CCO[Si](C)(CC(C)CCCCCl)OCC. The van der Waals surface area contributed by atoms with E-state index in [1.54, 1.807) is 0 Å². The van der Waals surface area contributed by atoms with E-state index < -0.39 is 8.56 Å². The van der Waals surface area contributed by atoms with Crippen LogP contribution in [0.15, 0.2) is 0 Å². The van der Waals surface area contributed by atoms with Crippen LogP contribution in [0.25, 0.3) is 0 Å². The monoisotopic (exact) mass is 266 g/mol. The Morgan fingerprint density at radius 3 is 2.12 bits per heavy atom. The molecule has 0 amide bonds. The molecule has 0 aromatic heterocycles. The minimum Gasteiger partial charge on any atom is -0.395 e. The van der Waals surface area contributed by atoms with E-state index in [4.69, 9.17) is 20.5 Å². The topological polar surface area (TPSA) is 18.5 Å². The maximum Gasteiger partial charge on any atom is 0.335 e. The Labute approximate surface area is 107 Å². The number of hydrogen-bond donors (Lipinski definition) is 0. The van der Waals surface area contributed by atoms with Crippen LogP contribution in [0, 0.1) is 5.92 Å². The molecule has 0 heterocycles. The molecule has 0 bridgehead atoms. The zero-order valence-electron chi connectivity index (χ0n) is 11.2. The molecule has 0 radical (unpaired) electrons. The maximum absolute atomic E-state index is 5.84. The Kier molecular flexibility index (Phi) is 9.71. The minimum atomic E-state index is -1.91. The van der Waals surface area contributed by atoms with Crippen LogP contribution in [0.2, 0.25) is 12.6 Å². The van der Waals surface area contributed by atoms with E-state index in [9.17, 15) is 0 Å². The third kappa shape index (κ3) is 7.66. The Hall–Kier alpha value is 0.427. The molecule has 1 atom stereocenters. The average molecular weight is 267 g/mol. The molecule has 0 spiro atoms. The summed E-state index contributed by atoms with van der Waals surface area (Å²) >= 11 is 5.68. The van der Waals surface area contributed by atoms with Gasteiger partial charge in [-0.3, -0.25) is 0 Å². The zero-order valence-corrected chi connectivity index (χ0v) is 13.0. The first-order valence-electron chi connectivity index (χ1n) is 6.41. The first-order valence-corrected chi connectivity index (χ1v) is 9.47. The lowest BCUT2D eigenvalue weighted by Crippen LogP contribution is -2.40. The number of halogens is 1. The van der Waals surface area contributed by atoms with Crippen molar-refractivity contribution in [1.82, 2.24) is 0 Å². The van der Waals surface area contributed by atoms with Crippen molar-refractivity contribution in [2.45, 2.75) is 52.6 Å². The van der Waals surface area contributed by atoms with Crippen LogP contribution in [-0.2, 0) is 8.85 Å². The number of rotatable bonds is 10. The van der Waals surface area contributed by atoms with Gasteiger partial charge in [-0.2, -0.15) is 0 Å². The van der Waals surface area contributed by atoms with Gasteiger partial charge in [0.1, 0.15) is 0 Å². The summed E-state index contributed by atoms with van der Waals surface area (Å²) in [6.07, 6.45) is 3.57. The van der Waals surface area contributed by atoms with Gasteiger partial charge in [0.2, 0.25) is 0 Å². The van der Waals surface area contributed by atoms with Crippen molar-refractivity contribution in [2.75, 3.05) is 19.1 Å². The third-order valence-electron chi connectivity index (χ3n) is 2.70. The predicted octanol–water partition coefficient (Wildman–Crippen LogP) is 4.18. The molecule has 0 aliphatic heterocycles. The van der Waals surface area contributed by atoms with Crippen LogP contribution in [-0.4, -0.2) is 27.7 Å². The second-order valence-electron chi connectivity index (χ2n) is 4.49. The van der Waals surface area contributed by atoms with Crippen LogP contribution in [0.1, 0.15) is 40.0 Å². The van der Waals surface area contributed by atoms with Crippen molar-refractivity contribution < 1.29 is 8.85 Å². The fourth-order valence-corrected chi connectivity index (χ4v) is 5.29. The molecule has 2 nitrogen and oxygen atoms in total.